The van der Waals surface area contributed by atoms with Gasteiger partial charge in [0.2, 0.25) is 5.95 Å². The van der Waals surface area contributed by atoms with Gasteiger partial charge in [0.15, 0.2) is 0 Å². The normalized spacial score (nSPS) is 14.7. The van der Waals surface area contributed by atoms with Crippen LogP contribution in [0, 0.1) is 0 Å². The molecule has 8 nitrogen and oxygen atoms in total. The average molecular weight is 516 g/mol. The maximum Gasteiger partial charge on any atom is 0.227 e. The van der Waals surface area contributed by atoms with Crippen LogP contribution in [0.1, 0.15) is 22.5 Å². The largest absolute Gasteiger partial charge is 0.494 e. The lowest BCUT2D eigenvalue weighted by Crippen LogP contribution is -2.43. The zero-order valence-corrected chi connectivity index (χ0v) is 21.8. The molecule has 9 heteroatoms. The van der Waals surface area contributed by atoms with Crippen LogP contribution in [0.3, 0.4) is 0 Å². The van der Waals surface area contributed by atoms with Gasteiger partial charge in [-0.25, -0.2) is 9.97 Å². The summed E-state index contributed by atoms with van der Waals surface area (Å²) < 4.78 is 7.71. The second kappa shape index (κ2) is 10.0. The van der Waals surface area contributed by atoms with E-state index >= 15 is 0 Å². The molecule has 0 bridgehead atoms. The highest BCUT2D eigenvalue weighted by molar-refractivity contribution is 6.30. The maximum absolute atomic E-state index is 6.26. The minimum absolute atomic E-state index is 0.539. The molecule has 4 aromatic rings. The van der Waals surface area contributed by atoms with Gasteiger partial charge in [0.1, 0.15) is 5.75 Å². The number of fused-ring (bicyclic) bond motifs is 3. The van der Waals surface area contributed by atoms with E-state index in [0.717, 1.165) is 101 Å². The number of halogens is 1. The van der Waals surface area contributed by atoms with Crippen molar-refractivity contribution in [2.75, 3.05) is 43.5 Å². The van der Waals surface area contributed by atoms with Crippen molar-refractivity contribution >= 4 is 28.9 Å². The molecule has 1 aliphatic carbocycles. The van der Waals surface area contributed by atoms with Crippen LogP contribution in [0.5, 0.6) is 5.75 Å². The van der Waals surface area contributed by atoms with Crippen molar-refractivity contribution in [3.05, 3.63) is 76.2 Å². The first-order valence-corrected chi connectivity index (χ1v) is 13.0. The van der Waals surface area contributed by atoms with Crippen LogP contribution in [0.25, 0.3) is 11.3 Å². The summed E-state index contributed by atoms with van der Waals surface area (Å²) in [5.41, 5.74) is 8.53. The van der Waals surface area contributed by atoms with E-state index in [2.05, 4.69) is 38.7 Å². The molecule has 2 aromatic heterocycles. The van der Waals surface area contributed by atoms with Gasteiger partial charge in [0, 0.05) is 68.2 Å². The zero-order chi connectivity index (χ0) is 25.4. The Kier molecular flexibility index (Phi) is 6.44. The van der Waals surface area contributed by atoms with E-state index < -0.39 is 0 Å². The molecule has 0 atom stereocenters. The lowest BCUT2D eigenvalue weighted by Gasteiger charge is -2.30. The molecule has 0 radical (unpaired) electrons. The van der Waals surface area contributed by atoms with Gasteiger partial charge in [-0.1, -0.05) is 23.7 Å². The van der Waals surface area contributed by atoms with Crippen LogP contribution in [0.4, 0.5) is 17.3 Å². The number of aryl methyl sites for hydroxylation is 3. The number of nitrogens with one attached hydrogen (secondary N) is 2. The summed E-state index contributed by atoms with van der Waals surface area (Å²) in [5.74, 6) is 1.30. The quantitative estimate of drug-likeness (QED) is 0.394. The number of nitrogens with zero attached hydrogens (tertiary/aromatic N) is 5. The number of piperazine rings is 1. The smallest absolute Gasteiger partial charge is 0.227 e. The van der Waals surface area contributed by atoms with Gasteiger partial charge in [-0.3, -0.25) is 4.68 Å². The van der Waals surface area contributed by atoms with Gasteiger partial charge in [-0.15, -0.1) is 0 Å². The predicted molar refractivity (Wildman–Crippen MR) is 147 cm³/mol. The summed E-state index contributed by atoms with van der Waals surface area (Å²) in [6.07, 6.45) is 4.42. The van der Waals surface area contributed by atoms with E-state index in [1.165, 1.54) is 0 Å². The number of benzene rings is 2. The summed E-state index contributed by atoms with van der Waals surface area (Å²) in [6.45, 7) is 3.94. The van der Waals surface area contributed by atoms with E-state index in [9.17, 15) is 0 Å². The molecule has 2 aromatic carbocycles. The van der Waals surface area contributed by atoms with Gasteiger partial charge in [-0.2, -0.15) is 5.10 Å². The third kappa shape index (κ3) is 4.74. The Balaban J connectivity index is 1.32. The number of rotatable bonds is 6. The second-order valence-corrected chi connectivity index (χ2v) is 9.95. The molecular weight excluding hydrogens is 486 g/mol. The molecule has 0 saturated carbocycles. The third-order valence-corrected chi connectivity index (χ3v) is 7.38. The number of methoxy groups -OCH3 is 1. The van der Waals surface area contributed by atoms with Crippen molar-refractivity contribution in [2.45, 2.75) is 19.3 Å². The molecule has 1 fully saturated rings. The van der Waals surface area contributed by atoms with Crippen LogP contribution < -0.4 is 20.3 Å². The Labute approximate surface area is 221 Å². The molecule has 1 aliphatic heterocycles. The van der Waals surface area contributed by atoms with Gasteiger partial charge < -0.3 is 20.3 Å². The van der Waals surface area contributed by atoms with Gasteiger partial charge in [0.05, 0.1) is 29.9 Å². The third-order valence-electron chi connectivity index (χ3n) is 7.15. The number of hydrogen-bond donors (Lipinski definition) is 2. The number of anilines is 3. The fourth-order valence-corrected chi connectivity index (χ4v) is 5.47. The standard InChI is InChI=1S/C28H30ClN7O/c1-35-24(15-18-4-3-5-20(29)14-18)26-23(34-35)8-6-19-17-31-28(33-27(19)26)32-22-9-7-21(16-25(22)37-2)36-12-10-30-11-13-36/h3-5,7,9,14,16-17,30H,6,8,10-13,15H2,1-2H3,(H,31,32,33). The van der Waals surface area contributed by atoms with E-state index in [-0.39, 0.29) is 0 Å². The fraction of sp³-hybridized carbons (Fsp3) is 0.321. The first kappa shape index (κ1) is 23.8. The Morgan fingerprint density at radius 3 is 2.78 bits per heavy atom. The summed E-state index contributed by atoms with van der Waals surface area (Å²) in [5, 5.41) is 12.4. The molecule has 0 spiro atoms. The maximum atomic E-state index is 6.26. The second-order valence-electron chi connectivity index (χ2n) is 9.51. The van der Waals surface area contributed by atoms with Crippen LogP contribution in [-0.4, -0.2) is 53.0 Å². The van der Waals surface area contributed by atoms with E-state index in [1.54, 1.807) is 7.11 Å². The summed E-state index contributed by atoms with van der Waals surface area (Å²) in [7, 11) is 3.70. The Morgan fingerprint density at radius 1 is 1.11 bits per heavy atom. The predicted octanol–water partition coefficient (Wildman–Crippen LogP) is 4.38. The summed E-state index contributed by atoms with van der Waals surface area (Å²) >= 11 is 6.26. The average Bonchev–Trinajstić information content (AvgIpc) is 3.24. The van der Waals surface area contributed by atoms with Crippen molar-refractivity contribution < 1.29 is 4.74 Å². The van der Waals surface area contributed by atoms with Gasteiger partial charge >= 0.3 is 0 Å². The Bertz CT molecular complexity index is 1440. The number of hydrogen-bond acceptors (Lipinski definition) is 7. The highest BCUT2D eigenvalue weighted by Gasteiger charge is 2.26. The highest BCUT2D eigenvalue weighted by Crippen LogP contribution is 2.37. The van der Waals surface area contributed by atoms with Crippen LogP contribution in [0.2, 0.25) is 5.02 Å². The minimum Gasteiger partial charge on any atom is -0.494 e. The minimum atomic E-state index is 0.539. The van der Waals surface area contributed by atoms with Crippen molar-refractivity contribution in [1.29, 1.82) is 0 Å². The molecule has 6 rings (SSSR count). The van der Waals surface area contributed by atoms with Crippen molar-refractivity contribution in [3.63, 3.8) is 0 Å². The van der Waals surface area contributed by atoms with Crippen LogP contribution >= 0.6 is 11.6 Å². The monoisotopic (exact) mass is 515 g/mol. The van der Waals surface area contributed by atoms with E-state index in [1.807, 2.05) is 42.2 Å². The van der Waals surface area contributed by atoms with Crippen LogP contribution in [0.15, 0.2) is 48.7 Å². The summed E-state index contributed by atoms with van der Waals surface area (Å²) in [4.78, 5) is 12.0. The van der Waals surface area contributed by atoms with Gasteiger partial charge in [-0.05, 0) is 48.2 Å². The molecular formula is C28H30ClN7O. The van der Waals surface area contributed by atoms with Crippen molar-refractivity contribution in [3.8, 4) is 17.0 Å². The summed E-state index contributed by atoms with van der Waals surface area (Å²) in [6, 6.07) is 14.2. The van der Waals surface area contributed by atoms with Crippen LogP contribution in [-0.2, 0) is 26.3 Å². The topological polar surface area (TPSA) is 80.1 Å². The molecule has 0 amide bonds. The molecule has 1 saturated heterocycles. The molecule has 37 heavy (non-hydrogen) atoms. The SMILES string of the molecule is COc1cc(N2CCNCC2)ccc1Nc1ncc2c(n1)-c1c(nn(C)c1Cc1cccc(Cl)c1)CC2. The van der Waals surface area contributed by atoms with E-state index in [4.69, 9.17) is 26.4 Å². The van der Waals surface area contributed by atoms with Gasteiger partial charge in [0.25, 0.3) is 0 Å². The van der Waals surface area contributed by atoms with Crippen molar-refractivity contribution in [2.24, 2.45) is 7.05 Å². The number of ether oxygens (including phenoxy) is 1. The Morgan fingerprint density at radius 2 is 1.97 bits per heavy atom. The number of aromatic nitrogens is 4. The highest BCUT2D eigenvalue weighted by atomic mass is 35.5. The first-order valence-electron chi connectivity index (χ1n) is 12.7. The van der Waals surface area contributed by atoms with E-state index in [0.29, 0.717) is 5.95 Å². The molecule has 3 heterocycles. The molecule has 2 N–H and O–H groups in total. The van der Waals surface area contributed by atoms with Crippen molar-refractivity contribution in [1.82, 2.24) is 25.1 Å². The lowest BCUT2D eigenvalue weighted by molar-refractivity contribution is 0.416. The lowest BCUT2D eigenvalue weighted by atomic mass is 9.91. The molecule has 190 valence electrons. The molecule has 2 aliphatic rings. The zero-order valence-electron chi connectivity index (χ0n) is 21.1. The molecule has 0 unspecified atom stereocenters. The Hall–Kier alpha value is -3.62. The fourth-order valence-electron chi connectivity index (χ4n) is 5.25. The first-order chi connectivity index (χ1) is 18.1.